The van der Waals surface area contributed by atoms with Gasteiger partial charge in [-0.1, -0.05) is 0 Å². The lowest BCUT2D eigenvalue weighted by Crippen LogP contribution is -2.75. The van der Waals surface area contributed by atoms with Crippen LogP contribution >= 0.6 is 0 Å². The van der Waals surface area contributed by atoms with Crippen molar-refractivity contribution in [1.82, 2.24) is 0 Å². The molecule has 0 amide bonds. The van der Waals surface area contributed by atoms with E-state index in [1.807, 2.05) is 6.92 Å². The Morgan fingerprint density at radius 2 is 2.17 bits per heavy atom. The van der Waals surface area contributed by atoms with Crippen molar-refractivity contribution in [3.05, 3.63) is 0 Å². The number of ether oxygens (including phenoxy) is 3. The van der Waals surface area contributed by atoms with Crippen LogP contribution < -0.4 is 0 Å². The average molecular weight is 252 g/mol. The van der Waals surface area contributed by atoms with Crippen molar-refractivity contribution < 1.29 is 19.3 Å². The van der Waals surface area contributed by atoms with Crippen molar-refractivity contribution in [3.8, 4) is 12.3 Å². The molecule has 3 rings (SSSR count). The van der Waals surface area contributed by atoms with Crippen LogP contribution in [-0.2, 0) is 14.2 Å². The van der Waals surface area contributed by atoms with Gasteiger partial charge in [0.1, 0.15) is 5.60 Å². The van der Waals surface area contributed by atoms with Crippen LogP contribution in [0.25, 0.3) is 0 Å². The fourth-order valence-electron chi connectivity index (χ4n) is 3.97. The zero-order valence-corrected chi connectivity index (χ0v) is 10.7. The van der Waals surface area contributed by atoms with Gasteiger partial charge in [-0.15, -0.1) is 12.3 Å². The molecule has 0 bridgehead atoms. The topological polar surface area (TPSA) is 47.9 Å². The molecular weight excluding hydrogens is 232 g/mol. The van der Waals surface area contributed by atoms with Gasteiger partial charge in [0.15, 0.2) is 5.79 Å². The third-order valence-corrected chi connectivity index (χ3v) is 4.74. The SMILES string of the molecule is C#CC1C(O)CCC2(OCC)C1CC21OCCO1. The summed E-state index contributed by atoms with van der Waals surface area (Å²) in [5.41, 5.74) is -0.450. The summed E-state index contributed by atoms with van der Waals surface area (Å²) in [6, 6.07) is 0. The molecular formula is C14H20O4. The van der Waals surface area contributed by atoms with Gasteiger partial charge in [-0.2, -0.15) is 0 Å². The van der Waals surface area contributed by atoms with Gasteiger partial charge in [-0.3, -0.25) is 0 Å². The third kappa shape index (κ3) is 1.36. The third-order valence-electron chi connectivity index (χ3n) is 4.74. The first kappa shape index (κ1) is 12.4. The van der Waals surface area contributed by atoms with Crippen molar-refractivity contribution in [1.29, 1.82) is 0 Å². The van der Waals surface area contributed by atoms with Gasteiger partial charge >= 0.3 is 0 Å². The Labute approximate surface area is 108 Å². The molecule has 100 valence electrons. The maximum absolute atomic E-state index is 10.0. The van der Waals surface area contributed by atoms with Crippen LogP contribution in [0.15, 0.2) is 0 Å². The van der Waals surface area contributed by atoms with Crippen LogP contribution in [0, 0.1) is 24.2 Å². The lowest BCUT2D eigenvalue weighted by Gasteiger charge is -2.64. The molecule has 3 aliphatic rings. The minimum Gasteiger partial charge on any atom is -0.392 e. The highest BCUT2D eigenvalue weighted by Crippen LogP contribution is 2.62. The van der Waals surface area contributed by atoms with Crippen LogP contribution in [0.5, 0.6) is 0 Å². The van der Waals surface area contributed by atoms with Gasteiger partial charge in [-0.05, 0) is 19.8 Å². The van der Waals surface area contributed by atoms with Gasteiger partial charge in [0.2, 0.25) is 0 Å². The Bertz CT molecular complexity index is 368. The molecule has 4 nitrogen and oxygen atoms in total. The molecule has 4 heteroatoms. The number of rotatable bonds is 2. The summed E-state index contributed by atoms with van der Waals surface area (Å²) in [7, 11) is 0. The lowest BCUT2D eigenvalue weighted by molar-refractivity contribution is -0.386. The number of aliphatic hydroxyl groups excluding tert-OH is 1. The van der Waals surface area contributed by atoms with Crippen molar-refractivity contribution in [2.75, 3.05) is 19.8 Å². The molecule has 1 saturated heterocycles. The standard InChI is InChI=1S/C14H20O4/c1-3-10-11-9-14(17-7-8-18-14)13(11,16-4-2)6-5-12(10)15/h1,10-12,15H,4-9H2,2H3. The fraction of sp³-hybridized carbons (Fsp3) is 0.857. The van der Waals surface area contributed by atoms with Gasteiger partial charge in [0.25, 0.3) is 0 Å². The fourth-order valence-corrected chi connectivity index (χ4v) is 3.97. The number of aliphatic hydroxyl groups is 1. The summed E-state index contributed by atoms with van der Waals surface area (Å²) < 4.78 is 17.7. The maximum atomic E-state index is 10.0. The number of hydrogen-bond donors (Lipinski definition) is 1. The lowest BCUT2D eigenvalue weighted by atomic mass is 9.52. The van der Waals surface area contributed by atoms with E-state index in [0.717, 1.165) is 12.8 Å². The minimum atomic E-state index is -0.608. The normalized spacial score (nSPS) is 45.3. The maximum Gasteiger partial charge on any atom is 0.198 e. The van der Waals surface area contributed by atoms with Crippen molar-refractivity contribution in [2.24, 2.45) is 11.8 Å². The second-order valence-electron chi connectivity index (χ2n) is 5.38. The van der Waals surface area contributed by atoms with Crippen LogP contribution in [0.4, 0.5) is 0 Å². The van der Waals surface area contributed by atoms with Crippen molar-refractivity contribution in [2.45, 2.75) is 43.7 Å². The summed E-state index contributed by atoms with van der Waals surface area (Å²) in [6.07, 6.45) is 7.29. The molecule has 2 aliphatic carbocycles. The first-order valence-electron chi connectivity index (χ1n) is 6.75. The van der Waals surface area contributed by atoms with E-state index in [-0.39, 0.29) is 11.8 Å². The molecule has 0 radical (unpaired) electrons. The van der Waals surface area contributed by atoms with Gasteiger partial charge in [0.05, 0.1) is 25.2 Å². The summed E-state index contributed by atoms with van der Waals surface area (Å²) in [4.78, 5) is 0. The van der Waals surface area contributed by atoms with Gasteiger partial charge in [0, 0.05) is 18.9 Å². The molecule has 0 aromatic carbocycles. The summed E-state index contributed by atoms with van der Waals surface area (Å²) in [5, 5.41) is 10.0. The molecule has 3 fully saturated rings. The highest BCUT2D eigenvalue weighted by Gasteiger charge is 2.73. The Morgan fingerprint density at radius 3 is 2.78 bits per heavy atom. The second-order valence-corrected chi connectivity index (χ2v) is 5.38. The van der Waals surface area contributed by atoms with E-state index in [2.05, 4.69) is 5.92 Å². The quantitative estimate of drug-likeness (QED) is 0.743. The Balaban J connectivity index is 1.91. The predicted octanol–water partition coefficient (Wildman–Crippen LogP) is 0.929. The van der Waals surface area contributed by atoms with Crippen molar-refractivity contribution in [3.63, 3.8) is 0 Å². The molecule has 4 unspecified atom stereocenters. The minimum absolute atomic E-state index is 0.143. The van der Waals surface area contributed by atoms with E-state index in [4.69, 9.17) is 20.6 Å². The summed E-state index contributed by atoms with van der Waals surface area (Å²) in [5.74, 6) is 2.12. The van der Waals surface area contributed by atoms with Gasteiger partial charge < -0.3 is 19.3 Å². The molecule has 0 aromatic rings. The van der Waals surface area contributed by atoms with Crippen LogP contribution in [0.3, 0.4) is 0 Å². The van der Waals surface area contributed by atoms with E-state index >= 15 is 0 Å². The Hall–Kier alpha value is -0.600. The van der Waals surface area contributed by atoms with E-state index in [9.17, 15) is 5.11 Å². The van der Waals surface area contributed by atoms with Crippen LogP contribution in [0.1, 0.15) is 26.2 Å². The molecule has 0 aromatic heterocycles. The van der Waals surface area contributed by atoms with E-state index < -0.39 is 17.5 Å². The summed E-state index contributed by atoms with van der Waals surface area (Å²) >= 11 is 0. The number of hydrogen-bond acceptors (Lipinski definition) is 4. The van der Waals surface area contributed by atoms with Gasteiger partial charge in [-0.25, -0.2) is 0 Å². The predicted molar refractivity (Wildman–Crippen MR) is 64.7 cm³/mol. The molecule has 1 aliphatic heterocycles. The first-order valence-corrected chi connectivity index (χ1v) is 6.75. The number of terminal acetylenes is 1. The van der Waals surface area contributed by atoms with E-state index in [0.29, 0.717) is 26.2 Å². The molecule has 2 saturated carbocycles. The Kier molecular flexibility index (Phi) is 2.91. The largest absolute Gasteiger partial charge is 0.392 e. The highest BCUT2D eigenvalue weighted by molar-refractivity contribution is 5.22. The van der Waals surface area contributed by atoms with E-state index in [1.165, 1.54) is 0 Å². The van der Waals surface area contributed by atoms with E-state index in [1.54, 1.807) is 0 Å². The molecule has 1 heterocycles. The molecule has 4 atom stereocenters. The molecule has 1 N–H and O–H groups in total. The summed E-state index contributed by atoms with van der Waals surface area (Å²) in [6.45, 7) is 3.82. The monoisotopic (exact) mass is 252 g/mol. The van der Waals surface area contributed by atoms with Crippen molar-refractivity contribution >= 4 is 0 Å². The Morgan fingerprint density at radius 1 is 1.44 bits per heavy atom. The number of fused-ring (bicyclic) bond motifs is 2. The average Bonchev–Trinajstić information content (AvgIpc) is 2.85. The first-order chi connectivity index (χ1) is 8.69. The van der Waals surface area contributed by atoms with Crippen LogP contribution in [-0.4, -0.2) is 42.4 Å². The molecule has 18 heavy (non-hydrogen) atoms. The molecule has 1 spiro atoms. The zero-order valence-electron chi connectivity index (χ0n) is 10.7. The smallest absolute Gasteiger partial charge is 0.198 e. The zero-order chi connectivity index (χ0) is 12.8. The highest BCUT2D eigenvalue weighted by atomic mass is 16.8. The second kappa shape index (κ2) is 4.21. The van der Waals surface area contributed by atoms with Crippen LogP contribution in [0.2, 0.25) is 0 Å².